The van der Waals surface area contributed by atoms with E-state index in [1.807, 2.05) is 0 Å². The number of halogens is 1. The number of hydrogen-bond acceptors (Lipinski definition) is 3. The van der Waals surface area contributed by atoms with E-state index in [2.05, 4.69) is 15.9 Å². The Bertz CT molecular complexity index is 659. The van der Waals surface area contributed by atoms with Crippen LogP contribution in [0.1, 0.15) is 25.3 Å². The van der Waals surface area contributed by atoms with E-state index in [4.69, 9.17) is 0 Å². The van der Waals surface area contributed by atoms with Gasteiger partial charge in [0, 0.05) is 17.1 Å². The molecule has 2 rings (SSSR count). The Labute approximate surface area is 133 Å². The highest BCUT2D eigenvalue weighted by atomic mass is 79.9. The van der Waals surface area contributed by atoms with E-state index in [9.17, 15) is 18.3 Å². The van der Waals surface area contributed by atoms with Crippen molar-refractivity contribution in [1.29, 1.82) is 0 Å². The summed E-state index contributed by atoms with van der Waals surface area (Å²) in [5, 5.41) is 9.23. The topological polar surface area (TPSA) is 74.7 Å². The van der Waals surface area contributed by atoms with Gasteiger partial charge in [-0.2, -0.15) is 4.31 Å². The smallest absolute Gasteiger partial charge is 0.308 e. The van der Waals surface area contributed by atoms with Crippen molar-refractivity contribution < 1.29 is 18.3 Å². The first-order valence-electron chi connectivity index (χ1n) is 6.76. The number of aliphatic carboxylic acids is 1. The van der Waals surface area contributed by atoms with Gasteiger partial charge in [-0.1, -0.05) is 15.9 Å². The van der Waals surface area contributed by atoms with Gasteiger partial charge < -0.3 is 5.11 Å². The van der Waals surface area contributed by atoms with Crippen LogP contribution in [0.2, 0.25) is 0 Å². The van der Waals surface area contributed by atoms with Gasteiger partial charge in [0.2, 0.25) is 10.0 Å². The summed E-state index contributed by atoms with van der Waals surface area (Å²) in [5.41, 5.74) is 0.647. The minimum absolute atomic E-state index is 0.239. The van der Waals surface area contributed by atoms with Crippen LogP contribution in [-0.4, -0.2) is 36.4 Å². The summed E-state index contributed by atoms with van der Waals surface area (Å²) in [6.45, 7) is 3.77. The maximum absolute atomic E-state index is 12.8. The second kappa shape index (κ2) is 6.06. The van der Waals surface area contributed by atoms with Crippen LogP contribution in [0, 0.1) is 12.8 Å². The van der Waals surface area contributed by atoms with Crippen molar-refractivity contribution in [2.24, 2.45) is 5.92 Å². The van der Waals surface area contributed by atoms with Gasteiger partial charge in [-0.15, -0.1) is 0 Å². The van der Waals surface area contributed by atoms with Gasteiger partial charge in [0.05, 0.1) is 10.8 Å². The molecule has 1 N–H and O–H groups in total. The summed E-state index contributed by atoms with van der Waals surface area (Å²) in [7, 11) is -3.68. The average molecular weight is 376 g/mol. The highest BCUT2D eigenvalue weighted by Crippen LogP contribution is 2.31. The van der Waals surface area contributed by atoms with Crippen LogP contribution in [0.3, 0.4) is 0 Å². The molecule has 21 heavy (non-hydrogen) atoms. The number of carboxylic acids is 1. The fourth-order valence-electron chi connectivity index (χ4n) is 2.81. The Balaban J connectivity index is 2.41. The molecular weight excluding hydrogens is 358 g/mol. The molecule has 116 valence electrons. The zero-order valence-electron chi connectivity index (χ0n) is 11.9. The lowest BCUT2D eigenvalue weighted by molar-refractivity contribution is -0.144. The summed E-state index contributed by atoms with van der Waals surface area (Å²) in [5.74, 6) is -1.58. The quantitative estimate of drug-likeness (QED) is 0.880. The molecule has 1 aliphatic rings. The normalized spacial score (nSPS) is 24.0. The predicted octanol–water partition coefficient (Wildman–Crippen LogP) is 2.63. The van der Waals surface area contributed by atoms with Gasteiger partial charge in [0.25, 0.3) is 0 Å². The third-order valence-electron chi connectivity index (χ3n) is 3.97. The summed E-state index contributed by atoms with van der Waals surface area (Å²) in [4.78, 5) is 11.5. The molecule has 1 heterocycles. The number of nitrogens with zero attached hydrogens (tertiary/aromatic N) is 1. The Morgan fingerprint density at radius 2 is 2.10 bits per heavy atom. The minimum atomic E-state index is -3.68. The van der Waals surface area contributed by atoms with Crippen LogP contribution < -0.4 is 0 Å². The first kappa shape index (κ1) is 16.5. The minimum Gasteiger partial charge on any atom is -0.481 e. The summed E-state index contributed by atoms with van der Waals surface area (Å²) in [6, 6.07) is 4.45. The maximum atomic E-state index is 12.8. The van der Waals surface area contributed by atoms with Crippen molar-refractivity contribution in [3.63, 3.8) is 0 Å². The first-order valence-corrected chi connectivity index (χ1v) is 8.99. The Kier molecular flexibility index (Phi) is 4.75. The highest BCUT2D eigenvalue weighted by Gasteiger charge is 2.39. The van der Waals surface area contributed by atoms with Gasteiger partial charge in [-0.3, -0.25) is 4.79 Å². The SMILES string of the molecule is Cc1cc(Br)ccc1S(=O)(=O)N1CCC[C@@H](C(=O)O)[C@H]1C. The molecule has 1 fully saturated rings. The lowest BCUT2D eigenvalue weighted by atomic mass is 9.92. The Hall–Kier alpha value is -0.920. The van der Waals surface area contributed by atoms with Crippen LogP contribution >= 0.6 is 15.9 Å². The molecule has 0 unspecified atom stereocenters. The zero-order chi connectivity index (χ0) is 15.8. The van der Waals surface area contributed by atoms with Crippen molar-refractivity contribution in [2.75, 3.05) is 6.54 Å². The molecule has 0 saturated carbocycles. The molecule has 0 spiro atoms. The summed E-state index contributed by atoms with van der Waals surface area (Å²) in [6.07, 6.45) is 1.08. The Morgan fingerprint density at radius 1 is 1.43 bits per heavy atom. The largest absolute Gasteiger partial charge is 0.481 e. The number of aryl methyl sites for hydroxylation is 1. The lowest BCUT2D eigenvalue weighted by Gasteiger charge is -2.36. The number of rotatable bonds is 3. The van der Waals surface area contributed by atoms with Crippen LogP contribution in [0.5, 0.6) is 0 Å². The van der Waals surface area contributed by atoms with Crippen LogP contribution in [0.15, 0.2) is 27.6 Å². The van der Waals surface area contributed by atoms with Crippen molar-refractivity contribution in [1.82, 2.24) is 4.31 Å². The molecule has 0 aromatic heterocycles. The van der Waals surface area contributed by atoms with Crippen LogP contribution in [-0.2, 0) is 14.8 Å². The fourth-order valence-corrected chi connectivity index (χ4v) is 5.20. The number of piperidine rings is 1. The Morgan fingerprint density at radius 3 is 2.67 bits per heavy atom. The van der Waals surface area contributed by atoms with Gasteiger partial charge in [-0.25, -0.2) is 8.42 Å². The van der Waals surface area contributed by atoms with E-state index in [1.165, 1.54) is 4.31 Å². The number of carbonyl (C=O) groups is 1. The molecule has 1 aromatic rings. The van der Waals surface area contributed by atoms with Gasteiger partial charge in [0.1, 0.15) is 0 Å². The maximum Gasteiger partial charge on any atom is 0.308 e. The average Bonchev–Trinajstić information content (AvgIpc) is 2.37. The number of hydrogen-bond donors (Lipinski definition) is 1. The lowest BCUT2D eigenvalue weighted by Crippen LogP contribution is -2.49. The molecule has 0 aliphatic carbocycles. The van der Waals surface area contributed by atoms with E-state index >= 15 is 0 Å². The van der Waals surface area contributed by atoms with Gasteiger partial charge in [-0.05, 0) is 50.5 Å². The van der Waals surface area contributed by atoms with E-state index < -0.39 is 28.0 Å². The molecule has 0 bridgehead atoms. The monoisotopic (exact) mass is 375 g/mol. The van der Waals surface area contributed by atoms with E-state index in [0.29, 0.717) is 24.9 Å². The molecule has 1 saturated heterocycles. The number of sulfonamides is 1. The van der Waals surface area contributed by atoms with Crippen molar-refractivity contribution >= 4 is 31.9 Å². The predicted molar refractivity (Wildman–Crippen MR) is 82.6 cm³/mol. The van der Waals surface area contributed by atoms with E-state index in [0.717, 1.165) is 4.47 Å². The second-order valence-electron chi connectivity index (χ2n) is 5.35. The fraction of sp³-hybridized carbons (Fsp3) is 0.500. The summed E-state index contributed by atoms with van der Waals surface area (Å²) < 4.78 is 27.8. The molecular formula is C14H18BrNO4S. The second-order valence-corrected chi connectivity index (χ2v) is 8.13. The van der Waals surface area contributed by atoms with E-state index in [-0.39, 0.29) is 4.90 Å². The zero-order valence-corrected chi connectivity index (χ0v) is 14.3. The molecule has 1 aliphatic heterocycles. The van der Waals surface area contributed by atoms with Crippen LogP contribution in [0.4, 0.5) is 0 Å². The number of benzene rings is 1. The van der Waals surface area contributed by atoms with Gasteiger partial charge >= 0.3 is 5.97 Å². The third kappa shape index (κ3) is 3.14. The third-order valence-corrected chi connectivity index (χ3v) is 6.61. The molecule has 7 heteroatoms. The standard InChI is InChI=1S/C14H18BrNO4S/c1-9-8-11(15)5-6-13(9)21(19,20)16-7-3-4-12(10(16)2)14(17)18/h5-6,8,10,12H,3-4,7H2,1-2H3,(H,17,18)/t10-,12-/m1/s1. The number of carboxylic acid groups (broad SMARTS) is 1. The molecule has 2 atom stereocenters. The summed E-state index contributed by atoms with van der Waals surface area (Å²) >= 11 is 3.31. The molecule has 0 radical (unpaired) electrons. The van der Waals surface area contributed by atoms with Gasteiger partial charge in [0.15, 0.2) is 0 Å². The highest BCUT2D eigenvalue weighted by molar-refractivity contribution is 9.10. The first-order chi connectivity index (χ1) is 9.75. The van der Waals surface area contributed by atoms with E-state index in [1.54, 1.807) is 32.0 Å². The van der Waals surface area contributed by atoms with Crippen molar-refractivity contribution in [3.8, 4) is 0 Å². The van der Waals surface area contributed by atoms with Crippen molar-refractivity contribution in [3.05, 3.63) is 28.2 Å². The molecule has 1 aromatic carbocycles. The molecule has 0 amide bonds. The van der Waals surface area contributed by atoms with Crippen LogP contribution in [0.25, 0.3) is 0 Å². The molecule has 5 nitrogen and oxygen atoms in total. The van der Waals surface area contributed by atoms with Crippen molar-refractivity contribution in [2.45, 2.75) is 37.6 Å².